The van der Waals surface area contributed by atoms with E-state index in [1.165, 1.54) is 0 Å². The third kappa shape index (κ3) is 3.67. The number of fused-ring (bicyclic) bond motifs is 1. The van der Waals surface area contributed by atoms with E-state index in [9.17, 15) is 5.11 Å². The molecule has 1 unspecified atom stereocenters. The smallest absolute Gasteiger partial charge is 0.119 e. The molecule has 3 nitrogen and oxygen atoms in total. The Kier molecular flexibility index (Phi) is 5.02. The molecule has 2 aromatic rings. The molecule has 0 saturated carbocycles. The first-order valence-corrected chi connectivity index (χ1v) is 8.13. The van der Waals surface area contributed by atoms with Gasteiger partial charge < -0.3 is 14.7 Å². The Bertz CT molecular complexity index is 673. The van der Waals surface area contributed by atoms with Crippen molar-refractivity contribution >= 4 is 10.8 Å². The van der Waals surface area contributed by atoms with Gasteiger partial charge in [0.1, 0.15) is 5.75 Å². The van der Waals surface area contributed by atoms with Crippen LogP contribution in [0.5, 0.6) is 5.75 Å². The topological polar surface area (TPSA) is 32.7 Å². The Balaban J connectivity index is 2.48. The van der Waals surface area contributed by atoms with Gasteiger partial charge in [-0.05, 0) is 60.5 Å². The van der Waals surface area contributed by atoms with Gasteiger partial charge in [0.15, 0.2) is 0 Å². The van der Waals surface area contributed by atoms with Crippen LogP contribution >= 0.6 is 0 Å². The van der Waals surface area contributed by atoms with Gasteiger partial charge >= 0.3 is 0 Å². The zero-order valence-electron chi connectivity index (χ0n) is 15.2. The lowest BCUT2D eigenvalue weighted by atomic mass is 9.70. The van der Waals surface area contributed by atoms with Crippen LogP contribution in [0.2, 0.25) is 0 Å². The third-order valence-electron chi connectivity index (χ3n) is 4.69. The van der Waals surface area contributed by atoms with Gasteiger partial charge in [-0.1, -0.05) is 39.0 Å². The monoisotopic (exact) mass is 315 g/mol. The van der Waals surface area contributed by atoms with Crippen molar-refractivity contribution in [1.29, 1.82) is 0 Å². The molecule has 0 aliphatic heterocycles. The molecule has 0 fully saturated rings. The minimum atomic E-state index is -0.870. The lowest BCUT2D eigenvalue weighted by Gasteiger charge is -2.41. The normalized spacial score (nSPS) is 15.0. The van der Waals surface area contributed by atoms with E-state index in [0.717, 1.165) is 28.6 Å². The molecule has 1 N–H and O–H groups in total. The highest BCUT2D eigenvalue weighted by Gasteiger charge is 2.41. The van der Waals surface area contributed by atoms with Crippen molar-refractivity contribution < 1.29 is 9.84 Å². The minimum absolute atomic E-state index is 0.247. The molecule has 23 heavy (non-hydrogen) atoms. The van der Waals surface area contributed by atoms with Crippen molar-refractivity contribution in [3.63, 3.8) is 0 Å². The van der Waals surface area contributed by atoms with Gasteiger partial charge in [0.2, 0.25) is 0 Å². The Morgan fingerprint density at radius 2 is 1.61 bits per heavy atom. The average Bonchev–Trinajstić information content (AvgIpc) is 2.50. The van der Waals surface area contributed by atoms with E-state index in [1.54, 1.807) is 7.11 Å². The fourth-order valence-electron chi connectivity index (χ4n) is 2.95. The molecule has 0 spiro atoms. The molecule has 2 aromatic carbocycles. The third-order valence-corrected chi connectivity index (χ3v) is 4.69. The first-order chi connectivity index (χ1) is 10.7. The minimum Gasteiger partial charge on any atom is -0.497 e. The van der Waals surface area contributed by atoms with Crippen LogP contribution in [-0.2, 0) is 5.60 Å². The van der Waals surface area contributed by atoms with E-state index in [0.29, 0.717) is 6.42 Å². The van der Waals surface area contributed by atoms with E-state index in [4.69, 9.17) is 4.74 Å². The molecule has 0 bridgehead atoms. The molecule has 0 saturated heterocycles. The number of methoxy groups -OCH3 is 1. The second-order valence-corrected chi connectivity index (χ2v) is 7.59. The van der Waals surface area contributed by atoms with Crippen LogP contribution in [0.3, 0.4) is 0 Å². The number of ether oxygens (including phenoxy) is 1. The molecule has 0 aromatic heterocycles. The zero-order valence-corrected chi connectivity index (χ0v) is 15.2. The van der Waals surface area contributed by atoms with E-state index < -0.39 is 5.60 Å². The van der Waals surface area contributed by atoms with Crippen LogP contribution in [0, 0.1) is 5.41 Å². The molecule has 126 valence electrons. The van der Waals surface area contributed by atoms with E-state index >= 15 is 0 Å². The summed E-state index contributed by atoms with van der Waals surface area (Å²) in [5.74, 6) is 0.851. The summed E-state index contributed by atoms with van der Waals surface area (Å²) in [5, 5.41) is 13.7. The standard InChI is InChI=1S/C20H29NO2/c1-19(2,3)20(22,11-12-21(4)5)17-9-7-16-14-18(23-6)10-8-15(16)13-17/h7-10,13-14,22H,11-12H2,1-6H3. The number of rotatable bonds is 5. The Hall–Kier alpha value is -1.58. The first kappa shape index (κ1) is 17.8. The number of aliphatic hydroxyl groups is 1. The lowest BCUT2D eigenvalue weighted by Crippen LogP contribution is -2.42. The molecular formula is C20H29NO2. The van der Waals surface area contributed by atoms with Gasteiger partial charge in [-0.2, -0.15) is 0 Å². The fraction of sp³-hybridized carbons (Fsp3) is 0.500. The highest BCUT2D eigenvalue weighted by Crippen LogP contribution is 2.43. The predicted molar refractivity (Wildman–Crippen MR) is 97.0 cm³/mol. The highest BCUT2D eigenvalue weighted by molar-refractivity contribution is 5.84. The van der Waals surface area contributed by atoms with Crippen LogP contribution < -0.4 is 4.74 Å². The number of benzene rings is 2. The number of hydrogen-bond donors (Lipinski definition) is 1. The maximum Gasteiger partial charge on any atom is 0.119 e. The summed E-state index contributed by atoms with van der Waals surface area (Å²) in [6.45, 7) is 7.14. The van der Waals surface area contributed by atoms with Crippen molar-refractivity contribution in [2.75, 3.05) is 27.7 Å². The van der Waals surface area contributed by atoms with Gasteiger partial charge in [-0.25, -0.2) is 0 Å². The van der Waals surface area contributed by atoms with Crippen molar-refractivity contribution in [1.82, 2.24) is 4.90 Å². The van der Waals surface area contributed by atoms with Crippen molar-refractivity contribution in [2.45, 2.75) is 32.8 Å². The van der Waals surface area contributed by atoms with Crippen molar-refractivity contribution in [3.05, 3.63) is 42.0 Å². The molecule has 0 amide bonds. The SMILES string of the molecule is COc1ccc2cc(C(O)(CCN(C)C)C(C)(C)C)ccc2c1. The average molecular weight is 315 g/mol. The highest BCUT2D eigenvalue weighted by atomic mass is 16.5. The maximum atomic E-state index is 11.5. The maximum absolute atomic E-state index is 11.5. The summed E-state index contributed by atoms with van der Waals surface area (Å²) in [7, 11) is 5.75. The summed E-state index contributed by atoms with van der Waals surface area (Å²) >= 11 is 0. The molecule has 3 heteroatoms. The van der Waals surface area contributed by atoms with Crippen molar-refractivity contribution in [2.24, 2.45) is 5.41 Å². The Labute approximate surface area is 139 Å². The van der Waals surface area contributed by atoms with Crippen LogP contribution in [0.4, 0.5) is 0 Å². The summed E-state index contributed by atoms with van der Waals surface area (Å²) in [6, 6.07) is 12.3. The van der Waals surface area contributed by atoms with Gasteiger partial charge in [0.05, 0.1) is 12.7 Å². The number of nitrogens with zero attached hydrogens (tertiary/aromatic N) is 1. The molecule has 0 heterocycles. The van der Waals surface area contributed by atoms with Crippen LogP contribution in [-0.4, -0.2) is 37.8 Å². The summed E-state index contributed by atoms with van der Waals surface area (Å²) < 4.78 is 5.28. The molecule has 0 aliphatic carbocycles. The lowest BCUT2D eigenvalue weighted by molar-refractivity contribution is -0.0745. The van der Waals surface area contributed by atoms with E-state index in [2.05, 4.69) is 37.8 Å². The largest absolute Gasteiger partial charge is 0.497 e. The second-order valence-electron chi connectivity index (χ2n) is 7.59. The van der Waals surface area contributed by atoms with Crippen LogP contribution in [0.1, 0.15) is 32.8 Å². The van der Waals surface area contributed by atoms with Crippen LogP contribution in [0.25, 0.3) is 10.8 Å². The molecule has 1 atom stereocenters. The molecule has 2 rings (SSSR count). The van der Waals surface area contributed by atoms with E-state index in [-0.39, 0.29) is 5.41 Å². The Morgan fingerprint density at radius 3 is 2.17 bits per heavy atom. The van der Waals surface area contributed by atoms with Crippen molar-refractivity contribution in [3.8, 4) is 5.75 Å². The fourth-order valence-corrected chi connectivity index (χ4v) is 2.95. The summed E-state index contributed by atoms with van der Waals surface area (Å²) in [6.07, 6.45) is 0.700. The van der Waals surface area contributed by atoms with Gasteiger partial charge in [0.25, 0.3) is 0 Å². The quantitative estimate of drug-likeness (QED) is 0.904. The van der Waals surface area contributed by atoms with Gasteiger partial charge in [0, 0.05) is 6.54 Å². The molecule has 0 radical (unpaired) electrons. The zero-order chi connectivity index (χ0) is 17.3. The van der Waals surface area contributed by atoms with Crippen LogP contribution in [0.15, 0.2) is 36.4 Å². The summed E-state index contributed by atoms with van der Waals surface area (Å²) in [4.78, 5) is 2.11. The second kappa shape index (κ2) is 6.50. The van der Waals surface area contributed by atoms with Gasteiger partial charge in [-0.15, -0.1) is 0 Å². The first-order valence-electron chi connectivity index (χ1n) is 8.13. The van der Waals surface area contributed by atoms with E-state index in [1.807, 2.05) is 38.4 Å². The molecule has 0 aliphatic rings. The number of hydrogen-bond acceptors (Lipinski definition) is 3. The molecular weight excluding hydrogens is 286 g/mol. The summed E-state index contributed by atoms with van der Waals surface area (Å²) in [5.41, 5.74) is -0.140. The Morgan fingerprint density at radius 1 is 1.00 bits per heavy atom. The predicted octanol–water partition coefficient (Wildman–Crippen LogP) is 4.03. The van der Waals surface area contributed by atoms with Gasteiger partial charge in [-0.3, -0.25) is 0 Å².